The summed E-state index contributed by atoms with van der Waals surface area (Å²) in [6.07, 6.45) is 1.11. The first-order chi connectivity index (χ1) is 11.8. The van der Waals surface area contributed by atoms with Crippen molar-refractivity contribution in [2.75, 3.05) is 12.9 Å². The lowest BCUT2D eigenvalue weighted by Gasteiger charge is -2.34. The number of allylic oxidation sites excluding steroid dienone is 3. The number of sulfone groups is 1. The number of ether oxygens (including phenoxy) is 1. The number of carbonyl (C=O) groups is 1. The van der Waals surface area contributed by atoms with Crippen molar-refractivity contribution in [3.05, 3.63) is 55.9 Å². The summed E-state index contributed by atoms with van der Waals surface area (Å²) in [5.41, 5.74) is 1.90. The SMILES string of the molecule is COC(=O)C1=C(C)NC2=C(C1c1ccc(F)c(Br)c1)S(=O)(=O)CCC2. The van der Waals surface area contributed by atoms with E-state index >= 15 is 0 Å². The molecule has 134 valence electrons. The molecule has 0 fully saturated rings. The average Bonchev–Trinajstić information content (AvgIpc) is 2.55. The summed E-state index contributed by atoms with van der Waals surface area (Å²) in [5.74, 6) is -1.85. The number of halogens is 2. The number of methoxy groups -OCH3 is 1. The number of nitrogens with one attached hydrogen (secondary N) is 1. The van der Waals surface area contributed by atoms with Crippen LogP contribution in [0.4, 0.5) is 4.39 Å². The summed E-state index contributed by atoms with van der Waals surface area (Å²) in [4.78, 5) is 12.6. The van der Waals surface area contributed by atoms with E-state index in [2.05, 4.69) is 21.2 Å². The van der Waals surface area contributed by atoms with Crippen LogP contribution >= 0.6 is 15.9 Å². The van der Waals surface area contributed by atoms with Crippen LogP contribution in [-0.4, -0.2) is 27.2 Å². The van der Waals surface area contributed by atoms with Gasteiger partial charge in [-0.15, -0.1) is 0 Å². The maximum atomic E-state index is 13.7. The van der Waals surface area contributed by atoms with E-state index in [-0.39, 0.29) is 20.7 Å². The summed E-state index contributed by atoms with van der Waals surface area (Å²) < 4.78 is 44.3. The topological polar surface area (TPSA) is 72.5 Å². The van der Waals surface area contributed by atoms with Crippen molar-refractivity contribution in [2.24, 2.45) is 0 Å². The van der Waals surface area contributed by atoms with Crippen LogP contribution < -0.4 is 5.32 Å². The number of carbonyl (C=O) groups excluding carboxylic acids is 1. The summed E-state index contributed by atoms with van der Waals surface area (Å²) in [7, 11) is -2.29. The van der Waals surface area contributed by atoms with Crippen LogP contribution in [0.5, 0.6) is 0 Å². The van der Waals surface area contributed by atoms with Gasteiger partial charge < -0.3 is 10.1 Å². The van der Waals surface area contributed by atoms with E-state index in [1.54, 1.807) is 6.92 Å². The highest BCUT2D eigenvalue weighted by Crippen LogP contribution is 2.44. The molecule has 0 saturated heterocycles. The van der Waals surface area contributed by atoms with Crippen molar-refractivity contribution in [2.45, 2.75) is 25.7 Å². The third-order valence-corrected chi connectivity index (χ3v) is 7.03. The Kier molecular flexibility index (Phi) is 4.76. The van der Waals surface area contributed by atoms with E-state index in [0.29, 0.717) is 29.8 Å². The second-order valence-electron chi connectivity index (χ2n) is 6.03. The third kappa shape index (κ3) is 3.13. The highest BCUT2D eigenvalue weighted by Gasteiger charge is 2.42. The Balaban J connectivity index is 2.28. The van der Waals surface area contributed by atoms with Gasteiger partial charge in [0.15, 0.2) is 9.84 Å². The normalized spacial score (nSPS) is 22.3. The summed E-state index contributed by atoms with van der Waals surface area (Å²) in [6.45, 7) is 1.71. The number of benzene rings is 1. The first-order valence-corrected chi connectivity index (χ1v) is 10.2. The fourth-order valence-electron chi connectivity index (χ4n) is 3.37. The second kappa shape index (κ2) is 6.57. The molecule has 1 atom stereocenters. The van der Waals surface area contributed by atoms with Crippen LogP contribution in [0.3, 0.4) is 0 Å². The Hall–Kier alpha value is -1.67. The molecule has 5 nitrogen and oxygen atoms in total. The molecule has 0 saturated carbocycles. The highest BCUT2D eigenvalue weighted by atomic mass is 79.9. The van der Waals surface area contributed by atoms with Gasteiger partial charge in [0.25, 0.3) is 0 Å². The molecule has 0 spiro atoms. The summed E-state index contributed by atoms with van der Waals surface area (Å²) in [6, 6.07) is 4.26. The van der Waals surface area contributed by atoms with Crippen LogP contribution in [0.1, 0.15) is 31.2 Å². The smallest absolute Gasteiger partial charge is 0.336 e. The Morgan fingerprint density at radius 1 is 1.40 bits per heavy atom. The maximum Gasteiger partial charge on any atom is 0.336 e. The monoisotopic (exact) mass is 429 g/mol. The Labute approximate surface area is 154 Å². The van der Waals surface area contributed by atoms with E-state index in [1.807, 2.05) is 0 Å². The minimum absolute atomic E-state index is 0.0277. The van der Waals surface area contributed by atoms with Crippen LogP contribution in [0.15, 0.2) is 44.5 Å². The van der Waals surface area contributed by atoms with Gasteiger partial charge in [-0.2, -0.15) is 0 Å². The number of rotatable bonds is 2. The van der Waals surface area contributed by atoms with E-state index in [9.17, 15) is 17.6 Å². The number of dihydropyridines is 1. The fraction of sp³-hybridized carbons (Fsp3) is 0.353. The zero-order chi connectivity index (χ0) is 18.4. The molecule has 0 bridgehead atoms. The second-order valence-corrected chi connectivity index (χ2v) is 8.96. The summed E-state index contributed by atoms with van der Waals surface area (Å²) in [5, 5.41) is 3.06. The van der Waals surface area contributed by atoms with Gasteiger partial charge in [0, 0.05) is 11.4 Å². The van der Waals surface area contributed by atoms with Crippen molar-refractivity contribution in [1.82, 2.24) is 5.32 Å². The molecular weight excluding hydrogens is 413 g/mol. The summed E-state index contributed by atoms with van der Waals surface area (Å²) >= 11 is 3.13. The van der Waals surface area contributed by atoms with Crippen molar-refractivity contribution in [3.8, 4) is 0 Å². The molecule has 0 aromatic heterocycles. The molecular formula is C17H17BrFNO4S. The van der Waals surface area contributed by atoms with E-state index < -0.39 is 27.5 Å². The predicted molar refractivity (Wildman–Crippen MR) is 94.7 cm³/mol. The molecule has 1 aromatic rings. The van der Waals surface area contributed by atoms with Crippen molar-refractivity contribution in [3.63, 3.8) is 0 Å². The molecule has 2 heterocycles. The Bertz CT molecular complexity index is 921. The van der Waals surface area contributed by atoms with Crippen molar-refractivity contribution >= 4 is 31.7 Å². The predicted octanol–water partition coefficient (Wildman–Crippen LogP) is 3.14. The van der Waals surface area contributed by atoms with Gasteiger partial charge in [0.05, 0.1) is 33.7 Å². The molecule has 0 radical (unpaired) electrons. The van der Waals surface area contributed by atoms with Crippen molar-refractivity contribution < 1.29 is 22.3 Å². The Morgan fingerprint density at radius 2 is 2.12 bits per heavy atom. The quantitative estimate of drug-likeness (QED) is 0.730. The first kappa shape index (κ1) is 18.1. The Morgan fingerprint density at radius 3 is 2.76 bits per heavy atom. The highest BCUT2D eigenvalue weighted by molar-refractivity contribution is 9.10. The lowest BCUT2D eigenvalue weighted by molar-refractivity contribution is -0.136. The standard InChI is InChI=1S/C17H17BrFNO4S/c1-9-14(17(21)24-2)15(10-5-6-12(19)11(18)8-10)16-13(20-9)4-3-7-25(16,22)23/h5-6,8,15,20H,3-4,7H2,1-2H3. The molecule has 8 heteroatoms. The first-order valence-electron chi connectivity index (χ1n) is 7.73. The number of hydrogen-bond donors (Lipinski definition) is 1. The zero-order valence-corrected chi connectivity index (χ0v) is 16.1. The molecule has 2 aliphatic rings. The van der Waals surface area contributed by atoms with Crippen molar-refractivity contribution in [1.29, 1.82) is 0 Å². The van der Waals surface area contributed by atoms with Gasteiger partial charge in [0.2, 0.25) is 0 Å². The van der Waals surface area contributed by atoms with Crippen LogP contribution in [0.25, 0.3) is 0 Å². The minimum Gasteiger partial charge on any atom is -0.466 e. The van der Waals surface area contributed by atoms with Gasteiger partial charge in [-0.3, -0.25) is 0 Å². The third-order valence-electron chi connectivity index (χ3n) is 4.45. The largest absolute Gasteiger partial charge is 0.466 e. The van der Waals surface area contributed by atoms with Gasteiger partial charge in [-0.25, -0.2) is 17.6 Å². The van der Waals surface area contributed by atoms with Gasteiger partial charge in [0.1, 0.15) is 5.82 Å². The number of esters is 1. The lowest BCUT2D eigenvalue weighted by Crippen LogP contribution is -2.35. The molecule has 3 rings (SSSR count). The van der Waals surface area contributed by atoms with Gasteiger partial charge in [-0.05, 0) is 53.4 Å². The minimum atomic E-state index is -3.54. The van der Waals surface area contributed by atoms with Gasteiger partial charge in [-0.1, -0.05) is 6.07 Å². The average molecular weight is 430 g/mol. The maximum absolute atomic E-state index is 13.7. The van der Waals surface area contributed by atoms with E-state index in [4.69, 9.17) is 4.74 Å². The van der Waals surface area contributed by atoms with Crippen LogP contribution in [-0.2, 0) is 19.4 Å². The van der Waals surface area contributed by atoms with Crippen LogP contribution in [0.2, 0.25) is 0 Å². The molecule has 2 aliphatic heterocycles. The molecule has 0 amide bonds. The molecule has 1 aromatic carbocycles. The van der Waals surface area contributed by atoms with Gasteiger partial charge >= 0.3 is 5.97 Å². The van der Waals surface area contributed by atoms with Crippen LogP contribution in [0, 0.1) is 5.82 Å². The van der Waals surface area contributed by atoms with E-state index in [1.165, 1.54) is 25.3 Å². The fourth-order valence-corrected chi connectivity index (χ4v) is 5.65. The molecule has 1 N–H and O–H groups in total. The zero-order valence-electron chi connectivity index (χ0n) is 13.7. The van der Waals surface area contributed by atoms with E-state index in [0.717, 1.165) is 0 Å². The molecule has 25 heavy (non-hydrogen) atoms. The number of hydrogen-bond acceptors (Lipinski definition) is 5. The molecule has 1 unspecified atom stereocenters. The lowest BCUT2D eigenvalue weighted by atomic mass is 9.85. The molecule has 0 aliphatic carbocycles.